The van der Waals surface area contributed by atoms with Gasteiger partial charge in [-0.05, 0) is 30.5 Å². The fourth-order valence-electron chi connectivity index (χ4n) is 2.26. The van der Waals surface area contributed by atoms with Gasteiger partial charge in [-0.3, -0.25) is 4.79 Å². The smallest absolute Gasteiger partial charge is 0.328 e. The molecule has 0 unspecified atom stereocenters. The van der Waals surface area contributed by atoms with Gasteiger partial charge in [0.1, 0.15) is 6.04 Å². The minimum absolute atomic E-state index is 0.277. The number of hydrogen-bond donors (Lipinski definition) is 1. The molecule has 0 saturated heterocycles. The molecule has 0 heterocycles. The van der Waals surface area contributed by atoms with Gasteiger partial charge in [-0.15, -0.1) is 0 Å². The summed E-state index contributed by atoms with van der Waals surface area (Å²) in [5.74, 6) is -3.88. The Morgan fingerprint density at radius 1 is 1.08 bits per heavy atom. The quantitative estimate of drug-likeness (QED) is 0.827. The van der Waals surface area contributed by atoms with E-state index in [0.717, 1.165) is 17.7 Å². The predicted molar refractivity (Wildman–Crippen MR) is 84.4 cm³/mol. The fourth-order valence-corrected chi connectivity index (χ4v) is 2.26. The van der Waals surface area contributed by atoms with Gasteiger partial charge in [-0.2, -0.15) is 0 Å². The number of amides is 1. The summed E-state index contributed by atoms with van der Waals surface area (Å²) in [7, 11) is 1.20. The zero-order chi connectivity index (χ0) is 17.5. The molecular formula is C18H17F2NO3. The lowest BCUT2D eigenvalue weighted by Gasteiger charge is -2.17. The first-order valence-corrected chi connectivity index (χ1v) is 7.39. The van der Waals surface area contributed by atoms with Crippen LogP contribution in [0.1, 0.15) is 22.3 Å². The average Bonchev–Trinajstić information content (AvgIpc) is 2.61. The van der Waals surface area contributed by atoms with E-state index in [1.54, 1.807) is 0 Å². The molecule has 0 spiro atoms. The minimum Gasteiger partial charge on any atom is -0.467 e. The number of benzene rings is 2. The summed E-state index contributed by atoms with van der Waals surface area (Å²) < 4.78 is 31.6. The van der Waals surface area contributed by atoms with Crippen LogP contribution in [0.25, 0.3) is 0 Å². The number of carbonyl (C=O) groups excluding carboxylic acids is 2. The molecule has 1 atom stereocenters. The molecule has 0 fully saturated rings. The molecule has 0 aliphatic heterocycles. The van der Waals surface area contributed by atoms with Gasteiger partial charge in [0.25, 0.3) is 5.91 Å². The lowest BCUT2D eigenvalue weighted by molar-refractivity contribution is -0.143. The predicted octanol–water partition coefficient (Wildman–Crippen LogP) is 2.87. The minimum atomic E-state index is -1.25. The number of rotatable bonds is 6. The van der Waals surface area contributed by atoms with E-state index in [1.165, 1.54) is 13.2 Å². The van der Waals surface area contributed by atoms with Crippen molar-refractivity contribution in [1.82, 2.24) is 5.32 Å². The molecule has 0 aliphatic carbocycles. The van der Waals surface area contributed by atoms with Crippen molar-refractivity contribution >= 4 is 11.9 Å². The molecule has 0 aromatic heterocycles. The Morgan fingerprint density at radius 2 is 1.79 bits per heavy atom. The topological polar surface area (TPSA) is 55.4 Å². The molecule has 0 bridgehead atoms. The molecule has 2 rings (SSSR count). The lowest BCUT2D eigenvalue weighted by Crippen LogP contribution is -2.42. The van der Waals surface area contributed by atoms with Crippen LogP contribution in [0, 0.1) is 11.6 Å². The highest BCUT2D eigenvalue weighted by molar-refractivity contribution is 5.97. The van der Waals surface area contributed by atoms with E-state index in [9.17, 15) is 18.4 Å². The molecule has 0 radical (unpaired) electrons. The van der Waals surface area contributed by atoms with Crippen LogP contribution in [-0.2, 0) is 16.0 Å². The molecule has 0 saturated carbocycles. The molecule has 1 N–H and O–H groups in total. The number of hydrogen-bond acceptors (Lipinski definition) is 3. The van der Waals surface area contributed by atoms with Crippen molar-refractivity contribution in [3.05, 3.63) is 71.3 Å². The van der Waals surface area contributed by atoms with E-state index in [-0.39, 0.29) is 6.42 Å². The van der Waals surface area contributed by atoms with Crippen molar-refractivity contribution in [2.75, 3.05) is 7.11 Å². The van der Waals surface area contributed by atoms with Crippen molar-refractivity contribution in [3.63, 3.8) is 0 Å². The van der Waals surface area contributed by atoms with Crippen molar-refractivity contribution in [2.45, 2.75) is 18.9 Å². The molecule has 2 aromatic rings. The van der Waals surface area contributed by atoms with Crippen LogP contribution < -0.4 is 5.32 Å². The first-order valence-electron chi connectivity index (χ1n) is 7.39. The van der Waals surface area contributed by atoms with Crippen LogP contribution in [0.2, 0.25) is 0 Å². The molecule has 2 aromatic carbocycles. The third-order valence-electron chi connectivity index (χ3n) is 3.55. The highest BCUT2D eigenvalue weighted by Crippen LogP contribution is 2.12. The Labute approximate surface area is 138 Å². The first kappa shape index (κ1) is 17.6. The summed E-state index contributed by atoms with van der Waals surface area (Å²) in [4.78, 5) is 24.0. The Hall–Kier alpha value is -2.76. The monoisotopic (exact) mass is 333 g/mol. The van der Waals surface area contributed by atoms with Crippen LogP contribution in [0.15, 0.2) is 48.5 Å². The summed E-state index contributed by atoms with van der Waals surface area (Å²) in [5.41, 5.74) is 0.529. The van der Waals surface area contributed by atoms with Crippen LogP contribution in [0.5, 0.6) is 0 Å². The first-order chi connectivity index (χ1) is 11.5. The zero-order valence-electron chi connectivity index (χ0n) is 13.1. The van der Waals surface area contributed by atoms with Crippen LogP contribution in [-0.4, -0.2) is 25.0 Å². The number of aryl methyl sites for hydroxylation is 1. The normalized spacial score (nSPS) is 11.6. The number of methoxy groups -OCH3 is 1. The molecule has 1 amide bonds. The number of nitrogens with one attached hydrogen (secondary N) is 1. The molecule has 24 heavy (non-hydrogen) atoms. The maximum atomic E-state index is 13.7. The summed E-state index contributed by atoms with van der Waals surface area (Å²) in [6, 6.07) is 11.7. The molecule has 0 aliphatic rings. The van der Waals surface area contributed by atoms with Crippen molar-refractivity contribution in [3.8, 4) is 0 Å². The van der Waals surface area contributed by atoms with E-state index in [1.807, 2.05) is 30.3 Å². The fraction of sp³-hybridized carbons (Fsp3) is 0.222. The van der Waals surface area contributed by atoms with E-state index in [0.29, 0.717) is 6.42 Å². The average molecular weight is 333 g/mol. The van der Waals surface area contributed by atoms with Gasteiger partial charge >= 0.3 is 5.97 Å². The second-order valence-corrected chi connectivity index (χ2v) is 5.17. The van der Waals surface area contributed by atoms with Gasteiger partial charge < -0.3 is 10.1 Å². The van der Waals surface area contributed by atoms with Crippen LogP contribution >= 0.6 is 0 Å². The third-order valence-corrected chi connectivity index (χ3v) is 3.55. The largest absolute Gasteiger partial charge is 0.467 e. The summed E-state index contributed by atoms with van der Waals surface area (Å²) >= 11 is 0. The van der Waals surface area contributed by atoms with Gasteiger partial charge in [0.2, 0.25) is 0 Å². The standard InChI is InChI=1S/C18H17F2NO3/c1-24-18(23)15(11-10-12-6-3-2-4-7-12)21-17(22)13-8-5-9-14(19)16(13)20/h2-9,15H,10-11H2,1H3,(H,21,22)/t15-/m0/s1. The van der Waals surface area contributed by atoms with E-state index in [4.69, 9.17) is 0 Å². The Morgan fingerprint density at radius 3 is 2.46 bits per heavy atom. The van der Waals surface area contributed by atoms with Gasteiger partial charge in [0.15, 0.2) is 11.6 Å². The van der Waals surface area contributed by atoms with Crippen molar-refractivity contribution in [2.24, 2.45) is 0 Å². The lowest BCUT2D eigenvalue weighted by atomic mass is 10.0. The molecular weight excluding hydrogens is 316 g/mol. The highest BCUT2D eigenvalue weighted by Gasteiger charge is 2.24. The second-order valence-electron chi connectivity index (χ2n) is 5.17. The number of carbonyl (C=O) groups is 2. The maximum Gasteiger partial charge on any atom is 0.328 e. The highest BCUT2D eigenvalue weighted by atomic mass is 19.2. The summed E-state index contributed by atoms with van der Waals surface area (Å²) in [6.07, 6.45) is 0.798. The van der Waals surface area contributed by atoms with Gasteiger partial charge in [-0.25, -0.2) is 13.6 Å². The van der Waals surface area contributed by atoms with E-state index < -0.39 is 35.1 Å². The number of halogens is 2. The Bertz CT molecular complexity index is 719. The Kier molecular flexibility index (Phi) is 6.01. The number of ether oxygens (including phenoxy) is 1. The SMILES string of the molecule is COC(=O)[C@H](CCc1ccccc1)NC(=O)c1cccc(F)c1F. The zero-order valence-corrected chi connectivity index (χ0v) is 13.1. The third kappa shape index (κ3) is 4.38. The van der Waals surface area contributed by atoms with Crippen LogP contribution in [0.4, 0.5) is 8.78 Å². The van der Waals surface area contributed by atoms with E-state index in [2.05, 4.69) is 10.1 Å². The van der Waals surface area contributed by atoms with Crippen molar-refractivity contribution < 1.29 is 23.1 Å². The van der Waals surface area contributed by atoms with E-state index >= 15 is 0 Å². The van der Waals surface area contributed by atoms with Gasteiger partial charge in [0.05, 0.1) is 12.7 Å². The molecule has 126 valence electrons. The summed E-state index contributed by atoms with van der Waals surface area (Å²) in [5, 5.41) is 2.40. The Balaban J connectivity index is 2.09. The van der Waals surface area contributed by atoms with Gasteiger partial charge in [-0.1, -0.05) is 36.4 Å². The van der Waals surface area contributed by atoms with Crippen molar-refractivity contribution in [1.29, 1.82) is 0 Å². The second kappa shape index (κ2) is 8.19. The van der Waals surface area contributed by atoms with Crippen LogP contribution in [0.3, 0.4) is 0 Å². The van der Waals surface area contributed by atoms with Gasteiger partial charge in [0, 0.05) is 0 Å². The maximum absolute atomic E-state index is 13.7. The molecule has 4 nitrogen and oxygen atoms in total. The summed E-state index contributed by atoms with van der Waals surface area (Å²) in [6.45, 7) is 0. The molecule has 6 heteroatoms. The number of esters is 1.